The highest BCUT2D eigenvalue weighted by Gasteiger charge is 2.27. The van der Waals surface area contributed by atoms with Crippen molar-refractivity contribution in [1.29, 1.82) is 0 Å². The van der Waals surface area contributed by atoms with Crippen LogP contribution in [0.25, 0.3) is 0 Å². The van der Waals surface area contributed by atoms with Crippen LogP contribution in [0.3, 0.4) is 0 Å². The lowest BCUT2D eigenvalue weighted by molar-refractivity contribution is 0.0815. The summed E-state index contributed by atoms with van der Waals surface area (Å²) in [6.07, 6.45) is 2.58. The van der Waals surface area contributed by atoms with Crippen LogP contribution in [0.4, 0.5) is 11.8 Å². The fourth-order valence-corrected chi connectivity index (χ4v) is 3.00. The number of amides is 1. The van der Waals surface area contributed by atoms with Gasteiger partial charge in [0.1, 0.15) is 5.82 Å². The highest BCUT2D eigenvalue weighted by atomic mass is 16.5. The first-order valence-corrected chi connectivity index (χ1v) is 8.84. The number of ether oxygens (including phenoxy) is 1. The number of carbonyl (C=O) groups is 1. The Hall–Kier alpha value is -2.97. The van der Waals surface area contributed by atoms with Crippen LogP contribution in [0.15, 0.2) is 12.3 Å². The summed E-state index contributed by atoms with van der Waals surface area (Å²) < 4.78 is 5.14. The molecule has 0 aliphatic carbocycles. The van der Waals surface area contributed by atoms with Gasteiger partial charge in [0.2, 0.25) is 17.7 Å². The van der Waals surface area contributed by atoms with Crippen molar-refractivity contribution in [2.45, 2.75) is 26.3 Å². The van der Waals surface area contributed by atoms with E-state index >= 15 is 0 Å². The molecular weight excluding hydrogens is 346 g/mol. The highest BCUT2D eigenvalue weighted by molar-refractivity contribution is 5.90. The molecule has 0 unspecified atom stereocenters. The zero-order valence-electron chi connectivity index (χ0n) is 16.4. The van der Waals surface area contributed by atoms with Gasteiger partial charge in [-0.15, -0.1) is 0 Å². The maximum absolute atomic E-state index is 12.3. The summed E-state index contributed by atoms with van der Waals surface area (Å²) in [5, 5.41) is 3.34. The summed E-state index contributed by atoms with van der Waals surface area (Å²) in [7, 11) is 4.98. The van der Waals surface area contributed by atoms with Crippen molar-refractivity contribution in [3.63, 3.8) is 0 Å². The summed E-state index contributed by atoms with van der Waals surface area (Å²) in [6, 6.07) is 1.89. The minimum Gasteiger partial charge on any atom is -0.481 e. The number of hydrogen-bond acceptors (Lipinski definition) is 8. The lowest BCUT2D eigenvalue weighted by atomic mass is 10.2. The van der Waals surface area contributed by atoms with Crippen LogP contribution in [0.2, 0.25) is 0 Å². The van der Waals surface area contributed by atoms with Crippen LogP contribution in [-0.4, -0.2) is 71.1 Å². The second kappa shape index (κ2) is 7.73. The highest BCUT2D eigenvalue weighted by Crippen LogP contribution is 2.25. The topological polar surface area (TPSA) is 96.4 Å². The van der Waals surface area contributed by atoms with Gasteiger partial charge in [-0.1, -0.05) is 0 Å². The fraction of sp³-hybridized carbons (Fsp3) is 0.500. The predicted octanol–water partition coefficient (Wildman–Crippen LogP) is 1.28. The first-order chi connectivity index (χ1) is 12.9. The van der Waals surface area contributed by atoms with Gasteiger partial charge in [0, 0.05) is 56.7 Å². The first kappa shape index (κ1) is 18.8. The Balaban J connectivity index is 1.77. The molecule has 1 fully saturated rings. The molecule has 0 bridgehead atoms. The van der Waals surface area contributed by atoms with Gasteiger partial charge in [0.15, 0.2) is 0 Å². The minimum absolute atomic E-state index is 0.180. The average Bonchev–Trinajstić information content (AvgIpc) is 3.11. The van der Waals surface area contributed by atoms with Gasteiger partial charge < -0.3 is 19.9 Å². The number of nitrogens with one attached hydrogen (secondary N) is 1. The third-order valence-electron chi connectivity index (χ3n) is 4.62. The largest absolute Gasteiger partial charge is 0.481 e. The van der Waals surface area contributed by atoms with E-state index < -0.39 is 0 Å². The van der Waals surface area contributed by atoms with Crippen LogP contribution >= 0.6 is 0 Å². The van der Waals surface area contributed by atoms with E-state index in [2.05, 4.69) is 30.2 Å². The van der Waals surface area contributed by atoms with Crippen molar-refractivity contribution >= 4 is 17.7 Å². The summed E-state index contributed by atoms with van der Waals surface area (Å²) in [5.74, 6) is 1.91. The molecule has 0 spiro atoms. The molecule has 1 saturated heterocycles. The number of hydrogen-bond donors (Lipinski definition) is 1. The Kier molecular flexibility index (Phi) is 5.38. The number of aryl methyl sites for hydroxylation is 1. The van der Waals surface area contributed by atoms with Crippen molar-refractivity contribution in [1.82, 2.24) is 24.8 Å². The van der Waals surface area contributed by atoms with E-state index in [1.807, 2.05) is 13.8 Å². The maximum atomic E-state index is 12.3. The zero-order valence-corrected chi connectivity index (χ0v) is 16.4. The van der Waals surface area contributed by atoms with Crippen LogP contribution < -0.4 is 15.0 Å². The smallest absolute Gasteiger partial charge is 0.291 e. The molecule has 1 atom stereocenters. The number of aromatic nitrogens is 4. The van der Waals surface area contributed by atoms with Crippen molar-refractivity contribution in [2.24, 2.45) is 0 Å². The molecule has 0 saturated carbocycles. The monoisotopic (exact) mass is 371 g/mol. The van der Waals surface area contributed by atoms with E-state index in [1.165, 1.54) is 4.90 Å². The number of nitrogens with zero attached hydrogens (tertiary/aromatic N) is 6. The third kappa shape index (κ3) is 4.07. The first-order valence-electron chi connectivity index (χ1n) is 8.84. The van der Waals surface area contributed by atoms with Crippen molar-refractivity contribution in [3.05, 3.63) is 29.3 Å². The Labute approximate surface area is 158 Å². The van der Waals surface area contributed by atoms with E-state index in [4.69, 9.17) is 4.74 Å². The molecule has 2 aromatic heterocycles. The van der Waals surface area contributed by atoms with E-state index in [-0.39, 0.29) is 17.8 Å². The lowest BCUT2D eigenvalue weighted by Crippen LogP contribution is -2.30. The van der Waals surface area contributed by atoms with E-state index in [0.717, 1.165) is 36.6 Å². The van der Waals surface area contributed by atoms with Gasteiger partial charge in [-0.3, -0.25) is 4.79 Å². The Morgan fingerprint density at radius 1 is 1.30 bits per heavy atom. The van der Waals surface area contributed by atoms with E-state index in [0.29, 0.717) is 11.8 Å². The Morgan fingerprint density at radius 2 is 2.07 bits per heavy atom. The normalized spacial score (nSPS) is 16.3. The van der Waals surface area contributed by atoms with Gasteiger partial charge in [-0.25, -0.2) is 15.0 Å². The molecule has 0 radical (unpaired) electrons. The van der Waals surface area contributed by atoms with E-state index in [9.17, 15) is 4.79 Å². The van der Waals surface area contributed by atoms with Crippen LogP contribution in [0.5, 0.6) is 5.88 Å². The molecule has 3 heterocycles. The molecule has 2 aromatic rings. The molecule has 27 heavy (non-hydrogen) atoms. The van der Waals surface area contributed by atoms with Crippen molar-refractivity contribution < 1.29 is 9.53 Å². The Bertz CT molecular complexity index is 840. The van der Waals surface area contributed by atoms with Crippen molar-refractivity contribution in [3.8, 4) is 5.88 Å². The number of methoxy groups -OCH3 is 1. The molecule has 9 nitrogen and oxygen atoms in total. The Morgan fingerprint density at radius 3 is 2.78 bits per heavy atom. The molecule has 1 N–H and O–H groups in total. The second-order valence-electron chi connectivity index (χ2n) is 6.78. The zero-order chi connectivity index (χ0) is 19.6. The molecule has 3 rings (SSSR count). The minimum atomic E-state index is -0.196. The lowest BCUT2D eigenvalue weighted by Gasteiger charge is -2.22. The molecule has 0 aromatic carbocycles. The van der Waals surface area contributed by atoms with Crippen LogP contribution in [0.1, 0.15) is 28.3 Å². The van der Waals surface area contributed by atoms with Gasteiger partial charge in [0.25, 0.3) is 5.91 Å². The van der Waals surface area contributed by atoms with Crippen LogP contribution in [-0.2, 0) is 0 Å². The van der Waals surface area contributed by atoms with Gasteiger partial charge >= 0.3 is 0 Å². The number of carbonyl (C=O) groups excluding carboxylic acids is 1. The standard InChI is InChI=1S/C18H25N7O2/c1-11-12(2)20-15(17(26)24(3)4)23-16(11)25-9-7-13(10-25)21-18-19-8-6-14(22-18)27-5/h6,8,13H,7,9-10H2,1-5H3,(H,19,21,22)/t13-/m1/s1. The summed E-state index contributed by atoms with van der Waals surface area (Å²) in [6.45, 7) is 5.46. The number of rotatable bonds is 5. The van der Waals surface area contributed by atoms with E-state index in [1.54, 1.807) is 33.5 Å². The average molecular weight is 371 g/mol. The molecule has 1 aliphatic heterocycles. The summed E-state index contributed by atoms with van der Waals surface area (Å²) in [4.78, 5) is 33.4. The SMILES string of the molecule is COc1ccnc(N[C@@H]2CCN(c3nc(C(=O)N(C)C)nc(C)c3C)C2)n1. The van der Waals surface area contributed by atoms with Gasteiger partial charge in [-0.05, 0) is 20.3 Å². The quantitative estimate of drug-likeness (QED) is 0.840. The summed E-state index contributed by atoms with van der Waals surface area (Å²) in [5.41, 5.74) is 1.81. The van der Waals surface area contributed by atoms with Gasteiger partial charge in [-0.2, -0.15) is 4.98 Å². The molecule has 9 heteroatoms. The predicted molar refractivity (Wildman–Crippen MR) is 102 cm³/mol. The number of anilines is 2. The third-order valence-corrected chi connectivity index (χ3v) is 4.62. The van der Waals surface area contributed by atoms with Gasteiger partial charge in [0.05, 0.1) is 7.11 Å². The van der Waals surface area contributed by atoms with Crippen molar-refractivity contribution in [2.75, 3.05) is 44.5 Å². The molecule has 1 amide bonds. The second-order valence-corrected chi connectivity index (χ2v) is 6.78. The summed E-state index contributed by atoms with van der Waals surface area (Å²) >= 11 is 0. The molecular formula is C18H25N7O2. The maximum Gasteiger partial charge on any atom is 0.291 e. The molecule has 144 valence electrons. The molecule has 1 aliphatic rings. The fourth-order valence-electron chi connectivity index (χ4n) is 3.00. The van der Waals surface area contributed by atoms with Crippen LogP contribution in [0, 0.1) is 13.8 Å².